The maximum Gasteiger partial charge on any atom is 0.317 e. The average molecular weight is 404 g/mol. The van der Waals surface area contributed by atoms with E-state index in [4.69, 9.17) is 9.47 Å². The summed E-state index contributed by atoms with van der Waals surface area (Å²) >= 11 is 1.17. The van der Waals surface area contributed by atoms with Gasteiger partial charge in [0.2, 0.25) is 0 Å². The second kappa shape index (κ2) is 9.75. The maximum atomic E-state index is 12.3. The molecule has 8 nitrogen and oxygen atoms in total. The molecule has 0 radical (unpaired) electrons. The molecule has 1 amide bonds. The SMILES string of the molecule is COc1ccc(C)cc1NC(=O)[C@@H](C)OC(=O)CSc1ccc([N+](=O)[O-])cc1. The molecule has 0 spiro atoms. The average Bonchev–Trinajstić information content (AvgIpc) is 2.66. The number of hydrogen-bond acceptors (Lipinski definition) is 7. The molecule has 0 aliphatic carbocycles. The summed E-state index contributed by atoms with van der Waals surface area (Å²) in [7, 11) is 1.50. The van der Waals surface area contributed by atoms with E-state index in [0.29, 0.717) is 16.3 Å². The molecule has 2 aromatic rings. The lowest BCUT2D eigenvalue weighted by atomic mass is 10.2. The van der Waals surface area contributed by atoms with Crippen molar-refractivity contribution in [2.75, 3.05) is 18.2 Å². The molecule has 2 rings (SSSR count). The van der Waals surface area contributed by atoms with E-state index in [1.165, 1.54) is 37.9 Å². The lowest BCUT2D eigenvalue weighted by Crippen LogP contribution is -2.30. The largest absolute Gasteiger partial charge is 0.495 e. The van der Waals surface area contributed by atoms with Crippen molar-refractivity contribution < 1.29 is 24.0 Å². The van der Waals surface area contributed by atoms with E-state index in [9.17, 15) is 19.7 Å². The first-order chi connectivity index (χ1) is 13.3. The molecule has 0 saturated heterocycles. The summed E-state index contributed by atoms with van der Waals surface area (Å²) in [6.45, 7) is 3.36. The highest BCUT2D eigenvalue weighted by molar-refractivity contribution is 8.00. The van der Waals surface area contributed by atoms with E-state index in [1.807, 2.05) is 13.0 Å². The highest BCUT2D eigenvalue weighted by Gasteiger charge is 2.19. The zero-order chi connectivity index (χ0) is 20.7. The van der Waals surface area contributed by atoms with E-state index in [0.717, 1.165) is 5.56 Å². The highest BCUT2D eigenvalue weighted by Crippen LogP contribution is 2.25. The van der Waals surface area contributed by atoms with Crippen molar-refractivity contribution in [1.82, 2.24) is 0 Å². The number of benzene rings is 2. The van der Waals surface area contributed by atoms with Crippen LogP contribution in [0.25, 0.3) is 0 Å². The zero-order valence-electron chi connectivity index (χ0n) is 15.6. The Morgan fingerprint density at radius 2 is 1.89 bits per heavy atom. The van der Waals surface area contributed by atoms with Gasteiger partial charge >= 0.3 is 5.97 Å². The van der Waals surface area contributed by atoms with Crippen LogP contribution in [-0.4, -0.2) is 35.8 Å². The van der Waals surface area contributed by atoms with Gasteiger partial charge in [-0.25, -0.2) is 0 Å². The second-order valence-electron chi connectivity index (χ2n) is 5.86. The molecule has 0 aliphatic heterocycles. The van der Waals surface area contributed by atoms with Crippen LogP contribution in [0.3, 0.4) is 0 Å². The quantitative estimate of drug-likeness (QED) is 0.310. The smallest absolute Gasteiger partial charge is 0.317 e. The summed E-state index contributed by atoms with van der Waals surface area (Å²) < 4.78 is 10.4. The number of nitro groups is 1. The van der Waals surface area contributed by atoms with Crippen LogP contribution in [0.5, 0.6) is 5.75 Å². The number of anilines is 1. The number of rotatable bonds is 8. The standard InChI is InChI=1S/C19H20N2O6S/c1-12-4-9-17(26-3)16(10-12)20-19(23)13(2)27-18(22)11-28-15-7-5-14(6-8-15)21(24)25/h4-10,13H,11H2,1-3H3,(H,20,23)/t13-/m1/s1. The number of methoxy groups -OCH3 is 1. The van der Waals surface area contributed by atoms with Crippen LogP contribution < -0.4 is 10.1 Å². The van der Waals surface area contributed by atoms with Crippen molar-refractivity contribution in [3.8, 4) is 5.75 Å². The molecule has 2 aromatic carbocycles. The van der Waals surface area contributed by atoms with Gasteiger partial charge in [0.25, 0.3) is 11.6 Å². The topological polar surface area (TPSA) is 108 Å². The molecule has 0 aliphatic rings. The first-order valence-corrected chi connectivity index (χ1v) is 9.31. The Labute approximate surface area is 166 Å². The van der Waals surface area contributed by atoms with Crippen molar-refractivity contribution >= 4 is 35.0 Å². The molecule has 0 unspecified atom stereocenters. The number of nitrogens with one attached hydrogen (secondary N) is 1. The van der Waals surface area contributed by atoms with Crippen LogP contribution in [-0.2, 0) is 14.3 Å². The van der Waals surface area contributed by atoms with Gasteiger partial charge in [-0.1, -0.05) is 6.07 Å². The first kappa shape index (κ1) is 21.2. The maximum absolute atomic E-state index is 12.3. The minimum Gasteiger partial charge on any atom is -0.495 e. The summed E-state index contributed by atoms with van der Waals surface area (Å²) in [6, 6.07) is 11.2. The van der Waals surface area contributed by atoms with E-state index in [-0.39, 0.29) is 11.4 Å². The van der Waals surface area contributed by atoms with Crippen LogP contribution in [0.15, 0.2) is 47.4 Å². The van der Waals surface area contributed by atoms with Crippen LogP contribution in [0.1, 0.15) is 12.5 Å². The Morgan fingerprint density at radius 1 is 1.21 bits per heavy atom. The Bertz CT molecular complexity index is 869. The lowest BCUT2D eigenvalue weighted by molar-refractivity contribution is -0.384. The summed E-state index contributed by atoms with van der Waals surface area (Å²) in [4.78, 5) is 35.1. The Balaban J connectivity index is 1.86. The number of nitro benzene ring substituents is 1. The van der Waals surface area contributed by atoms with Crippen molar-refractivity contribution in [2.45, 2.75) is 24.8 Å². The van der Waals surface area contributed by atoms with Crippen molar-refractivity contribution in [1.29, 1.82) is 0 Å². The van der Waals surface area contributed by atoms with Crippen LogP contribution in [0, 0.1) is 17.0 Å². The van der Waals surface area contributed by atoms with Crippen LogP contribution in [0.4, 0.5) is 11.4 Å². The zero-order valence-corrected chi connectivity index (χ0v) is 16.4. The molecule has 0 bridgehead atoms. The lowest BCUT2D eigenvalue weighted by Gasteiger charge is -2.15. The minimum atomic E-state index is -0.991. The van der Waals surface area contributed by atoms with E-state index < -0.39 is 22.9 Å². The van der Waals surface area contributed by atoms with Crippen LogP contribution in [0.2, 0.25) is 0 Å². The monoisotopic (exact) mass is 404 g/mol. The number of aryl methyl sites for hydroxylation is 1. The highest BCUT2D eigenvalue weighted by atomic mass is 32.2. The van der Waals surface area contributed by atoms with Crippen LogP contribution >= 0.6 is 11.8 Å². The van der Waals surface area contributed by atoms with Gasteiger partial charge in [0.15, 0.2) is 6.10 Å². The van der Waals surface area contributed by atoms with E-state index in [2.05, 4.69) is 5.32 Å². The third-order valence-electron chi connectivity index (χ3n) is 3.69. The minimum absolute atomic E-state index is 0.0243. The number of hydrogen-bond donors (Lipinski definition) is 1. The number of nitrogens with zero attached hydrogens (tertiary/aromatic N) is 1. The number of amides is 1. The molecule has 1 N–H and O–H groups in total. The van der Waals surface area contributed by atoms with Gasteiger partial charge in [-0.2, -0.15) is 0 Å². The summed E-state index contributed by atoms with van der Waals surface area (Å²) in [5.74, 6) is -0.561. The summed E-state index contributed by atoms with van der Waals surface area (Å²) in [6.07, 6.45) is -0.991. The number of thioether (sulfide) groups is 1. The van der Waals surface area contributed by atoms with Gasteiger partial charge in [-0.05, 0) is 43.7 Å². The van der Waals surface area contributed by atoms with Gasteiger partial charge < -0.3 is 14.8 Å². The third kappa shape index (κ3) is 5.98. The molecular weight excluding hydrogens is 384 g/mol. The Kier molecular flexibility index (Phi) is 7.39. The molecule has 9 heteroatoms. The Morgan fingerprint density at radius 3 is 2.50 bits per heavy atom. The fraction of sp³-hybridized carbons (Fsp3) is 0.263. The fourth-order valence-electron chi connectivity index (χ4n) is 2.24. The number of carbonyl (C=O) groups excluding carboxylic acids is 2. The third-order valence-corrected chi connectivity index (χ3v) is 4.68. The van der Waals surface area contributed by atoms with Crippen molar-refractivity contribution in [3.05, 3.63) is 58.1 Å². The van der Waals surface area contributed by atoms with E-state index in [1.54, 1.807) is 24.3 Å². The molecule has 0 saturated carbocycles. The molecule has 0 aromatic heterocycles. The van der Waals surface area contributed by atoms with Gasteiger partial charge in [0, 0.05) is 17.0 Å². The number of esters is 1. The predicted molar refractivity (Wildman–Crippen MR) is 106 cm³/mol. The molecule has 28 heavy (non-hydrogen) atoms. The van der Waals surface area contributed by atoms with Gasteiger partial charge in [0.1, 0.15) is 5.75 Å². The summed E-state index contributed by atoms with van der Waals surface area (Å²) in [5, 5.41) is 13.3. The van der Waals surface area contributed by atoms with E-state index >= 15 is 0 Å². The Hall–Kier alpha value is -3.07. The normalized spacial score (nSPS) is 11.4. The van der Waals surface area contributed by atoms with Gasteiger partial charge in [-0.15, -0.1) is 11.8 Å². The second-order valence-corrected chi connectivity index (χ2v) is 6.91. The predicted octanol–water partition coefficient (Wildman–Crippen LogP) is 3.57. The van der Waals surface area contributed by atoms with Gasteiger partial charge in [0.05, 0.1) is 23.5 Å². The molecular formula is C19H20N2O6S. The molecule has 1 atom stereocenters. The number of non-ortho nitro benzene ring substituents is 1. The van der Waals surface area contributed by atoms with Crippen molar-refractivity contribution in [3.63, 3.8) is 0 Å². The molecule has 0 heterocycles. The fourth-order valence-corrected chi connectivity index (χ4v) is 2.93. The number of carbonyl (C=O) groups is 2. The molecule has 148 valence electrons. The number of ether oxygens (including phenoxy) is 2. The molecule has 0 fully saturated rings. The first-order valence-electron chi connectivity index (χ1n) is 8.32. The summed E-state index contributed by atoms with van der Waals surface area (Å²) in [5.41, 5.74) is 1.42. The van der Waals surface area contributed by atoms with Gasteiger partial charge in [-0.3, -0.25) is 19.7 Å². The van der Waals surface area contributed by atoms with Crippen molar-refractivity contribution in [2.24, 2.45) is 0 Å².